The number of thiophene rings is 1. The summed E-state index contributed by atoms with van der Waals surface area (Å²) in [6.07, 6.45) is 5.16. The summed E-state index contributed by atoms with van der Waals surface area (Å²) in [5.74, 6) is -1.49. The van der Waals surface area contributed by atoms with E-state index in [2.05, 4.69) is 10.2 Å². The molecule has 0 radical (unpaired) electrons. The van der Waals surface area contributed by atoms with Crippen LogP contribution in [0.5, 0.6) is 5.75 Å². The number of rotatable bonds is 9. The number of carboxylic acids is 1. The van der Waals surface area contributed by atoms with Crippen molar-refractivity contribution in [1.29, 1.82) is 0 Å². The summed E-state index contributed by atoms with van der Waals surface area (Å²) in [7, 11) is 1.47. The molecule has 6 rings (SSSR count). The van der Waals surface area contributed by atoms with Crippen molar-refractivity contribution < 1.29 is 28.5 Å². The molecule has 4 aromatic rings. The highest BCUT2D eigenvalue weighted by Crippen LogP contribution is 2.39. The van der Waals surface area contributed by atoms with Gasteiger partial charge in [0.25, 0.3) is 5.56 Å². The summed E-state index contributed by atoms with van der Waals surface area (Å²) < 4.78 is 35.0. The van der Waals surface area contributed by atoms with Gasteiger partial charge in [0, 0.05) is 11.1 Å². The number of methoxy groups -OCH3 is 1. The zero-order valence-corrected chi connectivity index (χ0v) is 25.0. The van der Waals surface area contributed by atoms with E-state index in [-0.39, 0.29) is 30.2 Å². The topological polar surface area (TPSA) is 140 Å². The van der Waals surface area contributed by atoms with Crippen molar-refractivity contribution in [3.63, 3.8) is 0 Å². The number of aryl methyl sites for hydroxylation is 1. The van der Waals surface area contributed by atoms with Crippen LogP contribution in [0.3, 0.4) is 0 Å². The fourth-order valence-electron chi connectivity index (χ4n) is 6.09. The molecule has 1 aromatic carbocycles. The number of benzene rings is 1. The van der Waals surface area contributed by atoms with E-state index in [1.165, 1.54) is 60.9 Å². The number of halogens is 1. The van der Waals surface area contributed by atoms with Crippen molar-refractivity contribution in [2.24, 2.45) is 0 Å². The van der Waals surface area contributed by atoms with Crippen molar-refractivity contribution >= 4 is 27.5 Å². The van der Waals surface area contributed by atoms with Crippen molar-refractivity contribution in [3.8, 4) is 10.8 Å². The number of aliphatic carboxylic acids is 1. The van der Waals surface area contributed by atoms with Crippen LogP contribution in [0.4, 0.5) is 4.39 Å². The fourth-order valence-corrected chi connectivity index (χ4v) is 7.31. The highest BCUT2D eigenvalue weighted by molar-refractivity contribution is 7.21. The zero-order valence-electron chi connectivity index (χ0n) is 24.2. The normalized spacial score (nSPS) is 20.9. The van der Waals surface area contributed by atoms with Crippen LogP contribution in [0.2, 0.25) is 0 Å². The second-order valence-electron chi connectivity index (χ2n) is 11.5. The molecule has 2 saturated heterocycles. The Bertz CT molecular complexity index is 1800. The number of fused-ring (bicyclic) bond motifs is 3. The molecule has 0 aliphatic carbocycles. The average Bonchev–Trinajstić information content (AvgIpc) is 3.69. The molecule has 2 aliphatic rings. The molecular weight excluding hydrogens is 581 g/mol. The number of hydrogen-bond donors (Lipinski definition) is 1. The van der Waals surface area contributed by atoms with Gasteiger partial charge in [0.2, 0.25) is 0 Å². The summed E-state index contributed by atoms with van der Waals surface area (Å²) in [6, 6.07) is 4.09. The summed E-state index contributed by atoms with van der Waals surface area (Å²) >= 11 is 1.13. The van der Waals surface area contributed by atoms with Gasteiger partial charge >= 0.3 is 11.7 Å². The van der Waals surface area contributed by atoms with Gasteiger partial charge in [-0.2, -0.15) is 10.2 Å². The highest BCUT2D eigenvalue weighted by Gasteiger charge is 2.39. The number of nitrogens with zero attached hydrogens (tertiary/aromatic N) is 5. The van der Waals surface area contributed by atoms with Crippen LogP contribution < -0.4 is 16.0 Å². The minimum absolute atomic E-state index is 0.0654. The minimum Gasteiger partial charge on any atom is -0.496 e. The van der Waals surface area contributed by atoms with Crippen LogP contribution >= 0.6 is 11.3 Å². The maximum atomic E-state index is 14.7. The zero-order chi connectivity index (χ0) is 30.6. The van der Waals surface area contributed by atoms with Crippen LogP contribution in [0, 0.1) is 12.7 Å². The van der Waals surface area contributed by atoms with Crippen molar-refractivity contribution in [1.82, 2.24) is 24.1 Å². The van der Waals surface area contributed by atoms with E-state index in [1.54, 1.807) is 6.92 Å². The van der Waals surface area contributed by atoms with Gasteiger partial charge in [-0.15, -0.1) is 4.80 Å². The first-order valence-electron chi connectivity index (χ1n) is 14.0. The Morgan fingerprint density at radius 1 is 1.21 bits per heavy atom. The molecule has 5 heterocycles. The predicted octanol–water partition coefficient (Wildman–Crippen LogP) is 3.55. The second-order valence-corrected chi connectivity index (χ2v) is 12.5. The first-order valence-corrected chi connectivity index (χ1v) is 14.8. The maximum Gasteiger partial charge on any atom is 0.333 e. The monoisotopic (exact) mass is 613 g/mol. The van der Waals surface area contributed by atoms with E-state index in [9.17, 15) is 23.9 Å². The Hall–Kier alpha value is -3.88. The molecule has 2 aliphatic heterocycles. The van der Waals surface area contributed by atoms with Crippen LogP contribution in [0.1, 0.15) is 56.8 Å². The van der Waals surface area contributed by atoms with Crippen molar-refractivity contribution in [2.45, 2.75) is 83.0 Å². The largest absolute Gasteiger partial charge is 0.496 e. The third-order valence-corrected chi connectivity index (χ3v) is 9.64. The number of carbonyl (C=O) groups is 1. The molecule has 0 saturated carbocycles. The van der Waals surface area contributed by atoms with Crippen molar-refractivity contribution in [3.05, 3.63) is 68.4 Å². The third kappa shape index (κ3) is 5.06. The van der Waals surface area contributed by atoms with E-state index in [1.807, 2.05) is 0 Å². The molecule has 0 amide bonds. The third-order valence-electron chi connectivity index (χ3n) is 8.36. The number of aromatic nitrogens is 5. The van der Waals surface area contributed by atoms with Crippen LogP contribution in [-0.4, -0.2) is 60.6 Å². The molecule has 2 bridgehead atoms. The molecule has 3 aromatic heterocycles. The molecule has 1 unspecified atom stereocenters. The molecule has 0 spiro atoms. The highest BCUT2D eigenvalue weighted by atomic mass is 32.1. The number of carboxylic acid groups (broad SMARTS) is 1. The van der Waals surface area contributed by atoms with Gasteiger partial charge in [0.1, 0.15) is 33.0 Å². The average molecular weight is 614 g/mol. The van der Waals surface area contributed by atoms with Gasteiger partial charge in [-0.1, -0.05) is 11.3 Å². The number of hydrogen-bond acceptors (Lipinski definition) is 9. The Labute approximate surface area is 249 Å². The summed E-state index contributed by atoms with van der Waals surface area (Å²) in [6.45, 7) is 4.15. The van der Waals surface area contributed by atoms with Gasteiger partial charge in [-0.3, -0.25) is 9.36 Å². The summed E-state index contributed by atoms with van der Waals surface area (Å²) in [4.78, 5) is 42.1. The summed E-state index contributed by atoms with van der Waals surface area (Å²) in [5.41, 5.74) is -2.57. The smallest absolute Gasteiger partial charge is 0.333 e. The lowest BCUT2D eigenvalue weighted by Crippen LogP contribution is -2.52. The Kier molecular flexibility index (Phi) is 7.47. The fraction of sp³-hybridized carbons (Fsp3) is 0.483. The Morgan fingerprint density at radius 3 is 2.51 bits per heavy atom. The van der Waals surface area contributed by atoms with E-state index < -0.39 is 34.7 Å². The summed E-state index contributed by atoms with van der Waals surface area (Å²) in [5, 5.41) is 19.1. The standard InChI is InChI=1S/C29H32FN5O7S/c1-15-23-24(36)34(29(2,3)27(37)38)28(39)33(26(23)43-25(15)35-31-9-10-32-35)14-22(20-11-16(30)5-8-21(20)40-4)42-19-12-17-6-7-18(13-19)41-17/h5,8-11,17-19,22H,6-7,12-14H2,1-4H3,(H,37,38)/t17-,18+,19?,22-/m0/s1. The van der Waals surface area contributed by atoms with E-state index in [0.717, 1.165) is 28.7 Å². The lowest BCUT2D eigenvalue weighted by Gasteiger charge is -2.33. The molecule has 12 nitrogen and oxygen atoms in total. The van der Waals surface area contributed by atoms with E-state index in [4.69, 9.17) is 14.2 Å². The lowest BCUT2D eigenvalue weighted by atomic mass is 10.0. The maximum absolute atomic E-state index is 14.7. The Morgan fingerprint density at radius 2 is 1.88 bits per heavy atom. The van der Waals surface area contributed by atoms with Crippen LogP contribution in [-0.2, 0) is 26.4 Å². The lowest BCUT2D eigenvalue weighted by molar-refractivity contribution is -0.146. The SMILES string of the molecule is COc1ccc(F)cc1[C@H](Cn1c(=O)n(C(C)(C)C(=O)O)c(=O)c2c(C)c(-n3nccn3)sc21)OC1C[C@H]2CC[C@@H](C1)O2. The molecular formula is C29H32FN5O7S. The van der Waals surface area contributed by atoms with Gasteiger partial charge in [0.05, 0.1) is 49.7 Å². The first-order chi connectivity index (χ1) is 20.5. The van der Waals surface area contributed by atoms with E-state index in [0.29, 0.717) is 39.5 Å². The minimum atomic E-state index is -1.88. The molecule has 43 heavy (non-hydrogen) atoms. The van der Waals surface area contributed by atoms with Crippen molar-refractivity contribution in [2.75, 3.05) is 7.11 Å². The van der Waals surface area contributed by atoms with Gasteiger partial charge in [-0.05, 0) is 64.7 Å². The van der Waals surface area contributed by atoms with Crippen LogP contribution in [0.25, 0.3) is 15.2 Å². The molecule has 228 valence electrons. The first kappa shape index (κ1) is 29.2. The van der Waals surface area contributed by atoms with E-state index >= 15 is 0 Å². The van der Waals surface area contributed by atoms with Crippen LogP contribution in [0.15, 0.2) is 40.2 Å². The van der Waals surface area contributed by atoms with Gasteiger partial charge in [0.15, 0.2) is 0 Å². The molecule has 2 fully saturated rings. The predicted molar refractivity (Wildman–Crippen MR) is 155 cm³/mol. The van der Waals surface area contributed by atoms with Gasteiger partial charge in [-0.25, -0.2) is 18.5 Å². The Balaban J connectivity index is 1.57. The molecule has 14 heteroatoms. The molecule has 4 atom stereocenters. The molecule has 1 N–H and O–H groups in total. The van der Waals surface area contributed by atoms with Gasteiger partial charge < -0.3 is 19.3 Å². The number of ether oxygens (including phenoxy) is 3. The second kappa shape index (κ2) is 11.0. The quantitative estimate of drug-likeness (QED) is 0.300.